The average Bonchev–Trinajstić information content (AvgIpc) is 3.28. The lowest BCUT2D eigenvalue weighted by atomic mass is 10.2. The Balaban J connectivity index is 1.66. The maximum absolute atomic E-state index is 13.3. The van der Waals surface area contributed by atoms with Gasteiger partial charge in [-0.05, 0) is 30.3 Å². The summed E-state index contributed by atoms with van der Waals surface area (Å²) in [6.45, 7) is 0.206. The third kappa shape index (κ3) is 4.92. The Morgan fingerprint density at radius 1 is 1.29 bits per heavy atom. The largest absolute Gasteiger partial charge is 0.378 e. The number of fused-ring (bicyclic) bond motifs is 1. The van der Waals surface area contributed by atoms with Gasteiger partial charge in [0.15, 0.2) is 0 Å². The molecule has 0 saturated carbocycles. The maximum Gasteiger partial charge on any atom is 0.281 e. The van der Waals surface area contributed by atoms with E-state index >= 15 is 0 Å². The Hall–Kier alpha value is -4.83. The van der Waals surface area contributed by atoms with Gasteiger partial charge in [0, 0.05) is 37.1 Å². The molecule has 0 aliphatic heterocycles. The number of pyridine rings is 2. The highest BCUT2D eigenvalue weighted by molar-refractivity contribution is 7.89. The number of nitrogens with zero attached hydrogens (tertiary/aromatic N) is 7. The van der Waals surface area contributed by atoms with Gasteiger partial charge in [-0.2, -0.15) is 28.3 Å². The Labute approximate surface area is 200 Å². The Kier molecular flexibility index (Phi) is 6.38. The van der Waals surface area contributed by atoms with Crippen LogP contribution in [-0.2, 0) is 16.6 Å². The summed E-state index contributed by atoms with van der Waals surface area (Å²) in [4.78, 5) is 14.5. The molecular formula is C22H18N8O4S. The lowest BCUT2D eigenvalue weighted by Gasteiger charge is -2.17. The van der Waals surface area contributed by atoms with Crippen molar-refractivity contribution in [2.75, 3.05) is 12.4 Å². The number of benzene rings is 1. The molecule has 13 heteroatoms. The molecule has 0 saturated heterocycles. The molecule has 0 radical (unpaired) electrons. The van der Waals surface area contributed by atoms with E-state index in [1.54, 1.807) is 42.7 Å². The number of anilines is 1. The fourth-order valence-corrected chi connectivity index (χ4v) is 4.33. The molecule has 1 aromatic carbocycles. The lowest BCUT2D eigenvalue weighted by molar-refractivity contribution is -0.385. The van der Waals surface area contributed by atoms with Crippen LogP contribution in [-0.4, -0.2) is 45.6 Å². The first-order valence-electron chi connectivity index (χ1n) is 10.1. The minimum absolute atomic E-state index is 0.165. The number of aromatic nitrogens is 3. The van der Waals surface area contributed by atoms with Gasteiger partial charge in [-0.25, -0.2) is 4.52 Å². The number of rotatable bonds is 8. The number of nitrogens with one attached hydrogen (secondary N) is 1. The van der Waals surface area contributed by atoms with Gasteiger partial charge in [-0.1, -0.05) is 6.07 Å². The Morgan fingerprint density at radius 3 is 2.83 bits per heavy atom. The normalized spacial score (nSPS) is 11.4. The van der Waals surface area contributed by atoms with E-state index in [0.29, 0.717) is 22.3 Å². The number of non-ortho nitro benzene ring substituents is 1. The van der Waals surface area contributed by atoms with Crippen molar-refractivity contribution in [3.8, 4) is 6.07 Å². The van der Waals surface area contributed by atoms with Crippen LogP contribution < -0.4 is 5.32 Å². The summed E-state index contributed by atoms with van der Waals surface area (Å²) in [5.41, 5.74) is 1.90. The number of nitriles is 1. The molecular weight excluding hydrogens is 472 g/mol. The zero-order chi connectivity index (χ0) is 25.0. The van der Waals surface area contributed by atoms with Crippen molar-refractivity contribution in [1.82, 2.24) is 19.0 Å². The van der Waals surface area contributed by atoms with Crippen molar-refractivity contribution in [3.63, 3.8) is 0 Å². The van der Waals surface area contributed by atoms with E-state index < -0.39 is 14.9 Å². The standard InChI is InChI=1S/C22H18N8O4S/c1-28(26-13-17-14-27-29-9-7-16(12-23)10-21(17)29)35(33,34)22-11-19(30(31)32)5-6-20(22)25-15-18-4-2-3-8-24-18/h2-11,13-14,25H,15H2,1H3. The minimum Gasteiger partial charge on any atom is -0.378 e. The van der Waals surface area contributed by atoms with E-state index in [0.717, 1.165) is 10.5 Å². The molecule has 0 atom stereocenters. The van der Waals surface area contributed by atoms with E-state index in [1.165, 1.54) is 36.1 Å². The molecule has 1 N–H and O–H groups in total. The Morgan fingerprint density at radius 2 is 2.11 bits per heavy atom. The van der Waals surface area contributed by atoms with Gasteiger partial charge < -0.3 is 5.32 Å². The van der Waals surface area contributed by atoms with E-state index in [-0.39, 0.29) is 22.8 Å². The van der Waals surface area contributed by atoms with Crippen LogP contribution in [0.15, 0.2) is 77.1 Å². The summed E-state index contributed by atoms with van der Waals surface area (Å²) >= 11 is 0. The van der Waals surface area contributed by atoms with Crippen LogP contribution in [0.2, 0.25) is 0 Å². The fraction of sp³-hybridized carbons (Fsp3) is 0.0909. The van der Waals surface area contributed by atoms with Gasteiger partial charge in [-0.3, -0.25) is 15.1 Å². The number of hydrazone groups is 1. The Bertz CT molecular complexity index is 1580. The van der Waals surface area contributed by atoms with Crippen molar-refractivity contribution in [2.45, 2.75) is 11.4 Å². The average molecular weight is 491 g/mol. The first kappa shape index (κ1) is 23.3. The van der Waals surface area contributed by atoms with Crippen LogP contribution in [0.4, 0.5) is 11.4 Å². The van der Waals surface area contributed by atoms with Gasteiger partial charge in [0.05, 0.1) is 52.4 Å². The summed E-state index contributed by atoms with van der Waals surface area (Å²) in [5, 5.41) is 31.6. The van der Waals surface area contributed by atoms with Gasteiger partial charge in [-0.15, -0.1) is 0 Å². The van der Waals surface area contributed by atoms with Crippen molar-refractivity contribution in [2.24, 2.45) is 5.10 Å². The summed E-state index contributed by atoms with van der Waals surface area (Å²) < 4.78 is 28.9. The highest BCUT2D eigenvalue weighted by Gasteiger charge is 2.26. The highest BCUT2D eigenvalue weighted by Crippen LogP contribution is 2.29. The van der Waals surface area contributed by atoms with Gasteiger partial charge >= 0.3 is 0 Å². The zero-order valence-electron chi connectivity index (χ0n) is 18.3. The number of nitro benzene ring substituents is 1. The molecule has 3 heterocycles. The van der Waals surface area contributed by atoms with Crippen molar-refractivity contribution in [1.29, 1.82) is 5.26 Å². The first-order valence-corrected chi connectivity index (χ1v) is 11.6. The molecule has 0 fully saturated rings. The monoisotopic (exact) mass is 490 g/mol. The first-order chi connectivity index (χ1) is 16.8. The molecule has 4 rings (SSSR count). The summed E-state index contributed by atoms with van der Waals surface area (Å²) in [5.74, 6) is 0. The molecule has 0 aliphatic carbocycles. The van der Waals surface area contributed by atoms with Crippen LogP contribution in [0.1, 0.15) is 16.8 Å². The lowest BCUT2D eigenvalue weighted by Crippen LogP contribution is -2.23. The minimum atomic E-state index is -4.28. The van der Waals surface area contributed by atoms with Crippen LogP contribution in [0.5, 0.6) is 0 Å². The topological polar surface area (TPSA) is 159 Å². The third-order valence-corrected chi connectivity index (χ3v) is 6.71. The molecule has 35 heavy (non-hydrogen) atoms. The zero-order valence-corrected chi connectivity index (χ0v) is 19.1. The van der Waals surface area contributed by atoms with E-state index in [4.69, 9.17) is 5.26 Å². The van der Waals surface area contributed by atoms with Crippen LogP contribution >= 0.6 is 0 Å². The van der Waals surface area contributed by atoms with E-state index in [1.807, 2.05) is 6.07 Å². The summed E-state index contributed by atoms with van der Waals surface area (Å²) in [6.07, 6.45) is 5.98. The quantitative estimate of drug-likeness (QED) is 0.224. The maximum atomic E-state index is 13.3. The van der Waals surface area contributed by atoms with Crippen molar-refractivity contribution < 1.29 is 13.3 Å². The van der Waals surface area contributed by atoms with E-state index in [9.17, 15) is 18.5 Å². The second-order valence-electron chi connectivity index (χ2n) is 7.25. The smallest absolute Gasteiger partial charge is 0.281 e. The van der Waals surface area contributed by atoms with Crippen molar-refractivity contribution in [3.05, 3.63) is 94.1 Å². The molecule has 3 aromatic heterocycles. The number of nitro groups is 1. The summed E-state index contributed by atoms with van der Waals surface area (Å²) in [6, 6.07) is 14.1. The molecule has 0 unspecified atom stereocenters. The van der Waals surface area contributed by atoms with Gasteiger partial charge in [0.1, 0.15) is 4.90 Å². The molecule has 176 valence electrons. The molecule has 0 bridgehead atoms. The second kappa shape index (κ2) is 9.57. The second-order valence-corrected chi connectivity index (χ2v) is 9.17. The fourth-order valence-electron chi connectivity index (χ4n) is 3.19. The highest BCUT2D eigenvalue weighted by atomic mass is 32.2. The predicted molar refractivity (Wildman–Crippen MR) is 127 cm³/mol. The molecule has 0 aliphatic rings. The molecule has 12 nitrogen and oxygen atoms in total. The number of hydrogen-bond donors (Lipinski definition) is 1. The van der Waals surface area contributed by atoms with Crippen LogP contribution in [0.25, 0.3) is 5.52 Å². The molecule has 4 aromatic rings. The SMILES string of the molecule is CN(N=Cc1cnn2ccc(C#N)cc12)S(=O)(=O)c1cc([N+](=O)[O-])ccc1NCc1ccccn1. The van der Waals surface area contributed by atoms with Crippen LogP contribution in [0.3, 0.4) is 0 Å². The molecule has 0 spiro atoms. The van der Waals surface area contributed by atoms with E-state index in [2.05, 4.69) is 20.5 Å². The predicted octanol–water partition coefficient (Wildman–Crippen LogP) is 2.78. The van der Waals surface area contributed by atoms with Gasteiger partial charge in [0.2, 0.25) is 0 Å². The number of hydrogen-bond acceptors (Lipinski definition) is 9. The third-order valence-electron chi connectivity index (χ3n) is 5.03. The van der Waals surface area contributed by atoms with Gasteiger partial charge in [0.25, 0.3) is 15.7 Å². The number of sulfonamides is 1. The summed E-state index contributed by atoms with van der Waals surface area (Å²) in [7, 11) is -3.06. The van der Waals surface area contributed by atoms with Crippen LogP contribution in [0, 0.1) is 21.4 Å². The molecule has 0 amide bonds. The van der Waals surface area contributed by atoms with Crippen molar-refractivity contribution >= 4 is 33.1 Å².